The molecule has 0 radical (unpaired) electrons. The van der Waals surface area contributed by atoms with Gasteiger partial charge < -0.3 is 19.3 Å². The van der Waals surface area contributed by atoms with Crippen LogP contribution in [0.25, 0.3) is 0 Å². The van der Waals surface area contributed by atoms with Crippen LogP contribution in [0, 0.1) is 0 Å². The maximum absolute atomic E-state index is 6.50. The molecule has 2 aliphatic rings. The molecule has 22 heavy (non-hydrogen) atoms. The van der Waals surface area contributed by atoms with Crippen LogP contribution in [0.3, 0.4) is 0 Å². The van der Waals surface area contributed by atoms with E-state index in [0.29, 0.717) is 12.0 Å². The van der Waals surface area contributed by atoms with Gasteiger partial charge in [0.15, 0.2) is 0 Å². The Hall–Kier alpha value is -1.40. The summed E-state index contributed by atoms with van der Waals surface area (Å²) in [7, 11) is 5.85. The van der Waals surface area contributed by atoms with Crippen LogP contribution in [0.15, 0.2) is 12.4 Å². The normalized spacial score (nSPS) is 28.5. The summed E-state index contributed by atoms with van der Waals surface area (Å²) in [6.07, 6.45) is 6.55. The zero-order valence-corrected chi connectivity index (χ0v) is 13.8. The number of hydrogen-bond donors (Lipinski definition) is 0. The number of aromatic nitrogens is 2. The van der Waals surface area contributed by atoms with Crippen LogP contribution in [0.4, 0.5) is 5.82 Å². The van der Waals surface area contributed by atoms with Gasteiger partial charge >= 0.3 is 0 Å². The van der Waals surface area contributed by atoms with Gasteiger partial charge in [0, 0.05) is 25.7 Å². The molecule has 0 aliphatic carbocycles. The van der Waals surface area contributed by atoms with Crippen molar-refractivity contribution in [2.45, 2.75) is 37.4 Å². The Balaban J connectivity index is 1.67. The van der Waals surface area contributed by atoms with Crippen LogP contribution in [0.1, 0.15) is 25.7 Å². The maximum Gasteiger partial charge on any atom is 0.218 e. The second kappa shape index (κ2) is 6.38. The Morgan fingerprint density at radius 1 is 1.41 bits per heavy atom. The molecule has 3 rings (SSSR count). The molecule has 1 aromatic rings. The topological polar surface area (TPSA) is 50.7 Å². The van der Waals surface area contributed by atoms with Gasteiger partial charge in [-0.3, -0.25) is 0 Å². The molecule has 0 amide bonds. The van der Waals surface area contributed by atoms with Crippen molar-refractivity contribution in [1.82, 2.24) is 14.9 Å². The zero-order valence-electron chi connectivity index (χ0n) is 13.8. The molecule has 0 unspecified atom stereocenters. The lowest BCUT2D eigenvalue weighted by atomic mass is 9.90. The van der Waals surface area contributed by atoms with Crippen LogP contribution in [0.5, 0.6) is 5.88 Å². The van der Waals surface area contributed by atoms with Gasteiger partial charge in [-0.2, -0.15) is 0 Å². The molecule has 0 saturated carbocycles. The summed E-state index contributed by atoms with van der Waals surface area (Å²) in [5.74, 6) is 1.54. The predicted octanol–water partition coefficient (Wildman–Crippen LogP) is 1.56. The third-order valence-electron chi connectivity index (χ3n) is 4.62. The lowest BCUT2D eigenvalue weighted by Gasteiger charge is -2.39. The van der Waals surface area contributed by atoms with E-state index in [1.165, 1.54) is 12.8 Å². The van der Waals surface area contributed by atoms with E-state index in [9.17, 15) is 0 Å². The lowest BCUT2D eigenvalue weighted by Crippen LogP contribution is -2.46. The van der Waals surface area contributed by atoms with Gasteiger partial charge in [-0.05, 0) is 39.8 Å². The minimum absolute atomic E-state index is 0.00287. The molecule has 0 aromatic carbocycles. The first-order chi connectivity index (χ1) is 10.6. The van der Waals surface area contributed by atoms with Crippen LogP contribution < -0.4 is 9.64 Å². The molecule has 1 aromatic heterocycles. The van der Waals surface area contributed by atoms with Gasteiger partial charge in [0.05, 0.1) is 18.8 Å². The fraction of sp³-hybridized carbons (Fsp3) is 0.750. The summed E-state index contributed by atoms with van der Waals surface area (Å²) in [6.45, 7) is 2.90. The molecule has 1 spiro atoms. The number of anilines is 1. The van der Waals surface area contributed by atoms with Gasteiger partial charge in [-0.1, -0.05) is 0 Å². The summed E-state index contributed by atoms with van der Waals surface area (Å²) in [5.41, 5.74) is -0.00287. The van der Waals surface area contributed by atoms with E-state index in [1.807, 2.05) is 6.07 Å². The third kappa shape index (κ3) is 3.33. The van der Waals surface area contributed by atoms with Crippen molar-refractivity contribution in [3.8, 4) is 5.88 Å². The SMILES string of the molecule is COc1cc(N2CC[C@@]3(CCC[C@@H](CN(C)C)O3)C2)ncn1. The number of rotatable bonds is 4. The molecule has 2 atom stereocenters. The van der Waals surface area contributed by atoms with E-state index in [4.69, 9.17) is 9.47 Å². The summed E-state index contributed by atoms with van der Waals surface area (Å²) < 4.78 is 11.7. The fourth-order valence-corrected chi connectivity index (χ4v) is 3.61. The minimum Gasteiger partial charge on any atom is -0.481 e. The number of methoxy groups -OCH3 is 1. The smallest absolute Gasteiger partial charge is 0.218 e. The molecule has 2 saturated heterocycles. The number of hydrogen-bond acceptors (Lipinski definition) is 6. The van der Waals surface area contributed by atoms with Crippen molar-refractivity contribution in [2.75, 3.05) is 45.7 Å². The summed E-state index contributed by atoms with van der Waals surface area (Å²) in [6, 6.07) is 1.90. The molecule has 2 fully saturated rings. The van der Waals surface area contributed by atoms with E-state index < -0.39 is 0 Å². The Kier molecular flexibility index (Phi) is 4.49. The van der Waals surface area contributed by atoms with E-state index in [2.05, 4.69) is 33.9 Å². The molecule has 3 heterocycles. The summed E-state index contributed by atoms with van der Waals surface area (Å²) >= 11 is 0. The van der Waals surface area contributed by atoms with E-state index >= 15 is 0 Å². The minimum atomic E-state index is -0.00287. The number of likely N-dealkylation sites (N-methyl/N-ethyl adjacent to an activating group) is 1. The standard InChI is InChI=1S/C16H26N4O2/c1-19(2)10-13-5-4-6-16(22-13)7-8-20(11-16)14-9-15(21-3)18-12-17-14/h9,12-13H,4-8,10-11H2,1-3H3/t13-,16-/m0/s1. The highest BCUT2D eigenvalue weighted by molar-refractivity contribution is 5.43. The second-order valence-electron chi connectivity index (χ2n) is 6.67. The maximum atomic E-state index is 6.50. The summed E-state index contributed by atoms with van der Waals surface area (Å²) in [5, 5.41) is 0. The first-order valence-corrected chi connectivity index (χ1v) is 8.04. The molecule has 6 heteroatoms. The van der Waals surface area contributed by atoms with Crippen LogP contribution in [-0.2, 0) is 4.74 Å². The fourth-order valence-electron chi connectivity index (χ4n) is 3.61. The van der Waals surface area contributed by atoms with Crippen molar-refractivity contribution in [1.29, 1.82) is 0 Å². The Bertz CT molecular complexity index is 511. The predicted molar refractivity (Wildman–Crippen MR) is 85.4 cm³/mol. The molecule has 0 bridgehead atoms. The first-order valence-electron chi connectivity index (χ1n) is 8.04. The lowest BCUT2D eigenvalue weighted by molar-refractivity contribution is -0.120. The molecular weight excluding hydrogens is 280 g/mol. The van der Waals surface area contributed by atoms with Crippen molar-refractivity contribution in [3.63, 3.8) is 0 Å². The van der Waals surface area contributed by atoms with Crippen molar-refractivity contribution >= 4 is 5.82 Å². The van der Waals surface area contributed by atoms with E-state index in [1.54, 1.807) is 13.4 Å². The zero-order chi connectivity index (χ0) is 15.6. The molecule has 2 aliphatic heterocycles. The average molecular weight is 306 g/mol. The van der Waals surface area contributed by atoms with Gasteiger partial charge in [-0.25, -0.2) is 9.97 Å². The van der Waals surface area contributed by atoms with Gasteiger partial charge in [-0.15, -0.1) is 0 Å². The highest BCUT2D eigenvalue weighted by atomic mass is 16.5. The quantitative estimate of drug-likeness (QED) is 0.841. The van der Waals surface area contributed by atoms with Gasteiger partial charge in [0.2, 0.25) is 5.88 Å². The van der Waals surface area contributed by atoms with Crippen LogP contribution in [-0.4, -0.2) is 67.4 Å². The Labute approximate surface area is 132 Å². The van der Waals surface area contributed by atoms with Crippen molar-refractivity contribution in [3.05, 3.63) is 12.4 Å². The third-order valence-corrected chi connectivity index (χ3v) is 4.62. The second-order valence-corrected chi connectivity index (χ2v) is 6.67. The van der Waals surface area contributed by atoms with Crippen molar-refractivity contribution in [2.24, 2.45) is 0 Å². The number of ether oxygens (including phenoxy) is 2. The molecule has 6 nitrogen and oxygen atoms in total. The van der Waals surface area contributed by atoms with Crippen LogP contribution in [0.2, 0.25) is 0 Å². The van der Waals surface area contributed by atoms with E-state index in [-0.39, 0.29) is 5.60 Å². The van der Waals surface area contributed by atoms with Crippen LogP contribution >= 0.6 is 0 Å². The summed E-state index contributed by atoms with van der Waals surface area (Å²) in [4.78, 5) is 13.0. The molecular formula is C16H26N4O2. The highest BCUT2D eigenvalue weighted by Crippen LogP contribution is 2.38. The van der Waals surface area contributed by atoms with E-state index in [0.717, 1.165) is 38.3 Å². The largest absolute Gasteiger partial charge is 0.481 e. The average Bonchev–Trinajstić information content (AvgIpc) is 2.90. The van der Waals surface area contributed by atoms with Gasteiger partial charge in [0.25, 0.3) is 0 Å². The first kappa shape index (κ1) is 15.5. The Morgan fingerprint density at radius 2 is 2.27 bits per heavy atom. The monoisotopic (exact) mass is 306 g/mol. The Morgan fingerprint density at radius 3 is 3.05 bits per heavy atom. The van der Waals surface area contributed by atoms with Crippen molar-refractivity contribution < 1.29 is 9.47 Å². The molecule has 0 N–H and O–H groups in total. The number of nitrogens with zero attached hydrogens (tertiary/aromatic N) is 4. The van der Waals surface area contributed by atoms with Gasteiger partial charge in [0.1, 0.15) is 12.1 Å². The highest BCUT2D eigenvalue weighted by Gasteiger charge is 2.43. The molecule has 122 valence electrons.